The summed E-state index contributed by atoms with van der Waals surface area (Å²) in [6, 6.07) is 21.8. The highest BCUT2D eigenvalue weighted by atomic mass is 32.2. The lowest BCUT2D eigenvalue weighted by atomic mass is 10.0. The van der Waals surface area contributed by atoms with Crippen molar-refractivity contribution in [1.29, 1.82) is 0 Å². The van der Waals surface area contributed by atoms with Crippen molar-refractivity contribution in [2.45, 2.75) is 58.2 Å². The number of rotatable bonds is 13. The summed E-state index contributed by atoms with van der Waals surface area (Å²) >= 11 is 0. The number of benzene rings is 3. The number of nitrogens with one attached hydrogen (secondary N) is 3. The third-order valence-corrected chi connectivity index (χ3v) is 7.81. The summed E-state index contributed by atoms with van der Waals surface area (Å²) < 4.78 is 31.1. The molecular formula is C32H40N4O5S. The zero-order chi connectivity index (χ0) is 30.1. The lowest BCUT2D eigenvalue weighted by molar-refractivity contribution is -0.118. The second kappa shape index (κ2) is 14.4. The van der Waals surface area contributed by atoms with Gasteiger partial charge in [-0.3, -0.25) is 19.2 Å². The maximum absolute atomic E-state index is 13.0. The molecule has 4 rings (SSSR count). The number of carbonyl (C=O) groups is 2. The summed E-state index contributed by atoms with van der Waals surface area (Å²) in [5, 5.41) is 6.59. The van der Waals surface area contributed by atoms with Crippen LogP contribution in [0.4, 0.5) is 11.4 Å². The highest BCUT2D eigenvalue weighted by molar-refractivity contribution is 7.92. The molecule has 1 fully saturated rings. The van der Waals surface area contributed by atoms with Crippen molar-refractivity contribution in [3.8, 4) is 11.5 Å². The summed E-state index contributed by atoms with van der Waals surface area (Å²) in [6.45, 7) is 6.33. The minimum absolute atomic E-state index is 0.00155. The smallest absolute Gasteiger partial charge is 0.241 e. The number of hydrogen-bond acceptors (Lipinski definition) is 7. The van der Waals surface area contributed by atoms with E-state index in [-0.39, 0.29) is 23.8 Å². The van der Waals surface area contributed by atoms with Crippen molar-refractivity contribution in [2.24, 2.45) is 0 Å². The second-order valence-corrected chi connectivity index (χ2v) is 12.6. The lowest BCUT2D eigenvalue weighted by Crippen LogP contribution is -2.50. The Morgan fingerprint density at radius 2 is 1.48 bits per heavy atom. The molecule has 10 heteroatoms. The zero-order valence-corrected chi connectivity index (χ0v) is 25.2. The molecular weight excluding hydrogens is 552 g/mol. The zero-order valence-electron chi connectivity index (χ0n) is 24.4. The molecule has 1 atom stereocenters. The predicted octanol–water partition coefficient (Wildman–Crippen LogP) is 5.41. The topological polar surface area (TPSA) is 117 Å². The summed E-state index contributed by atoms with van der Waals surface area (Å²) in [7, 11) is -3.32. The number of amides is 1. The van der Waals surface area contributed by atoms with E-state index in [4.69, 9.17) is 4.74 Å². The molecule has 1 aliphatic heterocycles. The first-order chi connectivity index (χ1) is 20.1. The van der Waals surface area contributed by atoms with Gasteiger partial charge in [0.1, 0.15) is 11.5 Å². The van der Waals surface area contributed by atoms with Gasteiger partial charge in [-0.25, -0.2) is 8.42 Å². The van der Waals surface area contributed by atoms with Crippen molar-refractivity contribution in [3.63, 3.8) is 0 Å². The molecule has 42 heavy (non-hydrogen) atoms. The van der Waals surface area contributed by atoms with Crippen LogP contribution < -0.4 is 20.1 Å². The number of anilines is 2. The minimum Gasteiger partial charge on any atom is -0.457 e. The Morgan fingerprint density at radius 1 is 0.905 bits per heavy atom. The summed E-state index contributed by atoms with van der Waals surface area (Å²) in [4.78, 5) is 27.0. The maximum Gasteiger partial charge on any atom is 0.241 e. The van der Waals surface area contributed by atoms with E-state index in [1.54, 1.807) is 48.5 Å². The van der Waals surface area contributed by atoms with E-state index < -0.39 is 10.0 Å². The van der Waals surface area contributed by atoms with Crippen molar-refractivity contribution >= 4 is 33.1 Å². The van der Waals surface area contributed by atoms with Gasteiger partial charge < -0.3 is 15.4 Å². The van der Waals surface area contributed by atoms with Crippen molar-refractivity contribution < 1.29 is 22.7 Å². The molecule has 9 nitrogen and oxygen atoms in total. The van der Waals surface area contributed by atoms with Crippen LogP contribution in [-0.4, -0.2) is 56.4 Å². The highest BCUT2D eigenvalue weighted by Crippen LogP contribution is 2.24. The van der Waals surface area contributed by atoms with Crippen LogP contribution in [0.25, 0.3) is 0 Å². The third kappa shape index (κ3) is 9.68. The van der Waals surface area contributed by atoms with Gasteiger partial charge in [0.05, 0.1) is 12.3 Å². The Kier molecular flexibility index (Phi) is 10.7. The number of hydrogen-bond donors (Lipinski definition) is 3. The van der Waals surface area contributed by atoms with Gasteiger partial charge in [-0.05, 0) is 106 Å². The van der Waals surface area contributed by atoms with Gasteiger partial charge in [0.15, 0.2) is 5.78 Å². The van der Waals surface area contributed by atoms with Crippen LogP contribution in [0.2, 0.25) is 0 Å². The van der Waals surface area contributed by atoms with Gasteiger partial charge in [-0.2, -0.15) is 0 Å². The Bertz CT molecular complexity index is 1430. The number of ketones is 1. The molecule has 1 saturated heterocycles. The SMILES string of the molecule is CCCC(NC1CCN(Cc2ccc(Oc3ccc(NS(C)(=O)=O)cc3)cc2)CC1)C(=O)Nc1ccc(C(C)=O)cc1. The van der Waals surface area contributed by atoms with E-state index in [0.717, 1.165) is 51.6 Å². The molecule has 0 radical (unpaired) electrons. The fraction of sp³-hybridized carbons (Fsp3) is 0.375. The monoisotopic (exact) mass is 592 g/mol. The van der Waals surface area contributed by atoms with Crippen LogP contribution in [0.15, 0.2) is 72.8 Å². The molecule has 1 unspecified atom stereocenters. The van der Waals surface area contributed by atoms with Crippen LogP contribution in [0.3, 0.4) is 0 Å². The molecule has 1 heterocycles. The Hall–Kier alpha value is -3.73. The molecule has 0 aromatic heterocycles. The quantitative estimate of drug-likeness (QED) is 0.227. The summed E-state index contributed by atoms with van der Waals surface area (Å²) in [5.74, 6) is 1.29. The molecule has 1 amide bonds. The van der Waals surface area contributed by atoms with E-state index in [2.05, 4.69) is 39.3 Å². The molecule has 3 aromatic carbocycles. The van der Waals surface area contributed by atoms with Crippen molar-refractivity contribution in [3.05, 3.63) is 83.9 Å². The molecule has 0 saturated carbocycles. The molecule has 3 aromatic rings. The maximum atomic E-state index is 13.0. The predicted molar refractivity (Wildman–Crippen MR) is 167 cm³/mol. The van der Waals surface area contributed by atoms with E-state index in [1.165, 1.54) is 12.5 Å². The number of piperidine rings is 1. The average molecular weight is 593 g/mol. The summed E-state index contributed by atoms with van der Waals surface area (Å²) in [5.41, 5.74) is 3.00. The number of carbonyl (C=O) groups excluding carboxylic acids is 2. The van der Waals surface area contributed by atoms with Crippen LogP contribution in [0.1, 0.15) is 55.5 Å². The van der Waals surface area contributed by atoms with Gasteiger partial charge in [-0.1, -0.05) is 25.5 Å². The first-order valence-electron chi connectivity index (χ1n) is 14.3. The van der Waals surface area contributed by atoms with Gasteiger partial charge in [0.25, 0.3) is 0 Å². The largest absolute Gasteiger partial charge is 0.457 e. The Morgan fingerprint density at radius 3 is 2.02 bits per heavy atom. The van der Waals surface area contributed by atoms with Crippen LogP contribution in [0.5, 0.6) is 11.5 Å². The molecule has 224 valence electrons. The third-order valence-electron chi connectivity index (χ3n) is 7.20. The normalized spacial score (nSPS) is 15.1. The first kappa shape index (κ1) is 31.2. The van der Waals surface area contributed by atoms with Gasteiger partial charge in [0.2, 0.25) is 15.9 Å². The molecule has 1 aliphatic rings. The van der Waals surface area contributed by atoms with Crippen molar-refractivity contribution in [1.82, 2.24) is 10.2 Å². The average Bonchev–Trinajstić information content (AvgIpc) is 2.95. The number of Topliss-reactive ketones (excluding diaryl/α,β-unsaturated/α-hetero) is 1. The Balaban J connectivity index is 1.22. The number of likely N-dealkylation sites (tertiary alicyclic amines) is 1. The molecule has 3 N–H and O–H groups in total. The fourth-order valence-electron chi connectivity index (χ4n) is 5.00. The highest BCUT2D eigenvalue weighted by Gasteiger charge is 2.25. The Labute approximate surface area is 248 Å². The number of ether oxygens (including phenoxy) is 1. The van der Waals surface area contributed by atoms with Crippen LogP contribution in [-0.2, 0) is 21.4 Å². The molecule has 0 bridgehead atoms. The van der Waals surface area contributed by atoms with E-state index in [0.29, 0.717) is 28.4 Å². The van der Waals surface area contributed by atoms with Gasteiger partial charge in [-0.15, -0.1) is 0 Å². The van der Waals surface area contributed by atoms with Gasteiger partial charge >= 0.3 is 0 Å². The summed E-state index contributed by atoms with van der Waals surface area (Å²) in [6.07, 6.45) is 4.70. The van der Waals surface area contributed by atoms with E-state index in [1.807, 2.05) is 12.1 Å². The van der Waals surface area contributed by atoms with Crippen LogP contribution >= 0.6 is 0 Å². The molecule has 0 spiro atoms. The first-order valence-corrected chi connectivity index (χ1v) is 16.2. The van der Waals surface area contributed by atoms with E-state index in [9.17, 15) is 18.0 Å². The van der Waals surface area contributed by atoms with Gasteiger partial charge in [0, 0.05) is 29.5 Å². The number of nitrogens with zero attached hydrogens (tertiary/aromatic N) is 1. The van der Waals surface area contributed by atoms with E-state index >= 15 is 0 Å². The minimum atomic E-state index is -3.32. The number of sulfonamides is 1. The second-order valence-electron chi connectivity index (χ2n) is 10.8. The van der Waals surface area contributed by atoms with Crippen molar-refractivity contribution in [2.75, 3.05) is 29.4 Å². The fourth-order valence-corrected chi connectivity index (χ4v) is 5.57. The standard InChI is InChI=1S/C32H40N4O5S/c1-4-5-31(32(38)34-26-10-8-25(9-11-26)23(2)37)33-27-18-20-36(21-19-27)22-24-6-14-29(15-7-24)41-30-16-12-28(13-17-30)35-42(3,39)40/h6-17,27,31,33,35H,4-5,18-22H2,1-3H3,(H,34,38). The molecule has 0 aliphatic carbocycles. The lowest BCUT2D eigenvalue weighted by Gasteiger charge is -2.34. The van der Waals surface area contributed by atoms with Crippen LogP contribution in [0, 0.1) is 0 Å².